The molecule has 0 spiro atoms. The Balaban J connectivity index is 3.04. The topological polar surface area (TPSA) is 49.8 Å². The summed E-state index contributed by atoms with van der Waals surface area (Å²) in [5.41, 5.74) is 5.12. The van der Waals surface area contributed by atoms with Gasteiger partial charge in [0.25, 0.3) is 0 Å². The summed E-state index contributed by atoms with van der Waals surface area (Å²) >= 11 is 1.45. The SMILES string of the molecule is CC(C#N)SCN. The number of nitrogens with zero attached hydrogens (tertiary/aromatic N) is 1. The van der Waals surface area contributed by atoms with Crippen molar-refractivity contribution in [1.82, 2.24) is 0 Å². The monoisotopic (exact) mass is 116 g/mol. The molecule has 0 aromatic rings. The molecule has 2 nitrogen and oxygen atoms in total. The van der Waals surface area contributed by atoms with E-state index < -0.39 is 0 Å². The second-order valence-corrected chi connectivity index (χ2v) is 2.48. The second kappa shape index (κ2) is 3.97. The van der Waals surface area contributed by atoms with Gasteiger partial charge in [-0.15, -0.1) is 11.8 Å². The van der Waals surface area contributed by atoms with E-state index in [1.165, 1.54) is 11.8 Å². The van der Waals surface area contributed by atoms with Gasteiger partial charge in [-0.05, 0) is 6.92 Å². The standard InChI is InChI=1S/C4H8N2S/c1-4(2-5)7-3-6/h4H,3,6H2,1H3. The lowest BCUT2D eigenvalue weighted by Crippen LogP contribution is -1.99. The minimum Gasteiger partial charge on any atom is -0.322 e. The van der Waals surface area contributed by atoms with Gasteiger partial charge in [0.05, 0.1) is 11.3 Å². The number of thioether (sulfide) groups is 1. The van der Waals surface area contributed by atoms with Crippen molar-refractivity contribution in [3.8, 4) is 6.07 Å². The highest BCUT2D eigenvalue weighted by atomic mass is 32.2. The predicted octanol–water partition coefficient (Wildman–Crippen LogP) is 0.548. The smallest absolute Gasteiger partial charge is 0.0901 e. The van der Waals surface area contributed by atoms with Crippen molar-refractivity contribution < 1.29 is 0 Å². The van der Waals surface area contributed by atoms with Crippen molar-refractivity contribution in [2.75, 3.05) is 5.88 Å². The van der Waals surface area contributed by atoms with Gasteiger partial charge < -0.3 is 5.73 Å². The molecule has 0 aromatic carbocycles. The first kappa shape index (κ1) is 6.80. The minimum absolute atomic E-state index is 0.0463. The maximum Gasteiger partial charge on any atom is 0.0901 e. The second-order valence-electron chi connectivity index (χ2n) is 1.10. The van der Waals surface area contributed by atoms with E-state index in [9.17, 15) is 0 Å². The summed E-state index contributed by atoms with van der Waals surface area (Å²) in [5, 5.41) is 8.19. The number of rotatable bonds is 2. The van der Waals surface area contributed by atoms with E-state index in [0.29, 0.717) is 5.88 Å². The zero-order valence-corrected chi connectivity index (χ0v) is 5.03. The lowest BCUT2D eigenvalue weighted by Gasteiger charge is -1.93. The van der Waals surface area contributed by atoms with Crippen LogP contribution in [0.2, 0.25) is 0 Å². The summed E-state index contributed by atoms with van der Waals surface area (Å²) in [5.74, 6) is 0.536. The van der Waals surface area contributed by atoms with E-state index >= 15 is 0 Å². The first-order valence-electron chi connectivity index (χ1n) is 2.02. The van der Waals surface area contributed by atoms with E-state index in [0.717, 1.165) is 0 Å². The number of hydrogen-bond donors (Lipinski definition) is 1. The van der Waals surface area contributed by atoms with Crippen molar-refractivity contribution in [3.05, 3.63) is 0 Å². The molecule has 0 aromatic heterocycles. The van der Waals surface area contributed by atoms with Crippen LogP contribution in [0.4, 0.5) is 0 Å². The van der Waals surface area contributed by atoms with Gasteiger partial charge in [-0.25, -0.2) is 0 Å². The minimum atomic E-state index is 0.0463. The Bertz CT molecular complexity index is 76.2. The molecule has 0 aliphatic heterocycles. The van der Waals surface area contributed by atoms with Gasteiger partial charge in [-0.3, -0.25) is 0 Å². The van der Waals surface area contributed by atoms with Crippen LogP contribution in [0.5, 0.6) is 0 Å². The largest absolute Gasteiger partial charge is 0.322 e. The zero-order valence-electron chi connectivity index (χ0n) is 4.22. The molecule has 40 valence electrons. The first-order valence-corrected chi connectivity index (χ1v) is 3.07. The van der Waals surface area contributed by atoms with E-state index in [-0.39, 0.29) is 5.25 Å². The third-order valence-electron chi connectivity index (χ3n) is 0.528. The summed E-state index contributed by atoms with van der Waals surface area (Å²) in [6.45, 7) is 1.83. The Labute approximate surface area is 47.7 Å². The Morgan fingerprint density at radius 1 is 2.00 bits per heavy atom. The molecule has 3 heteroatoms. The fourth-order valence-corrected chi connectivity index (χ4v) is 0.545. The third-order valence-corrected chi connectivity index (χ3v) is 1.33. The van der Waals surface area contributed by atoms with E-state index in [1.54, 1.807) is 0 Å². The molecule has 2 N–H and O–H groups in total. The summed E-state index contributed by atoms with van der Waals surface area (Å²) in [7, 11) is 0. The van der Waals surface area contributed by atoms with Crippen LogP contribution in [0, 0.1) is 11.3 Å². The fourth-order valence-electron chi connectivity index (χ4n) is 0.182. The van der Waals surface area contributed by atoms with Gasteiger partial charge in [-0.1, -0.05) is 0 Å². The van der Waals surface area contributed by atoms with Crippen LogP contribution in [0.3, 0.4) is 0 Å². The van der Waals surface area contributed by atoms with Crippen LogP contribution in [-0.2, 0) is 0 Å². The quantitative estimate of drug-likeness (QED) is 0.536. The van der Waals surface area contributed by atoms with Crippen LogP contribution in [0.15, 0.2) is 0 Å². The lowest BCUT2D eigenvalue weighted by atomic mass is 10.5. The summed E-state index contributed by atoms with van der Waals surface area (Å²) < 4.78 is 0. The highest BCUT2D eigenvalue weighted by Gasteiger charge is 1.93. The molecule has 1 atom stereocenters. The van der Waals surface area contributed by atoms with Crippen LogP contribution < -0.4 is 5.73 Å². The van der Waals surface area contributed by atoms with Crippen molar-refractivity contribution in [2.45, 2.75) is 12.2 Å². The van der Waals surface area contributed by atoms with Gasteiger partial charge in [0, 0.05) is 5.88 Å². The van der Waals surface area contributed by atoms with Gasteiger partial charge in [0.15, 0.2) is 0 Å². The van der Waals surface area contributed by atoms with Crippen LogP contribution in [0.25, 0.3) is 0 Å². The normalized spacial score (nSPS) is 12.7. The number of nitrogens with two attached hydrogens (primary N) is 1. The Hall–Kier alpha value is -0.200. The molecular formula is C4H8N2S. The summed E-state index contributed by atoms with van der Waals surface area (Å²) in [6.07, 6.45) is 0. The molecule has 0 heterocycles. The summed E-state index contributed by atoms with van der Waals surface area (Å²) in [4.78, 5) is 0. The molecule has 7 heavy (non-hydrogen) atoms. The Morgan fingerprint density at radius 3 is 2.71 bits per heavy atom. The molecule has 0 aliphatic carbocycles. The van der Waals surface area contributed by atoms with Crippen molar-refractivity contribution in [1.29, 1.82) is 5.26 Å². The van der Waals surface area contributed by atoms with Crippen LogP contribution >= 0.6 is 11.8 Å². The third kappa shape index (κ3) is 3.64. The van der Waals surface area contributed by atoms with Crippen LogP contribution in [0.1, 0.15) is 6.92 Å². The fraction of sp³-hybridized carbons (Fsp3) is 0.750. The first-order chi connectivity index (χ1) is 3.31. The molecule has 0 fully saturated rings. The van der Waals surface area contributed by atoms with E-state index in [1.807, 2.05) is 13.0 Å². The molecule has 0 amide bonds. The predicted molar refractivity (Wildman–Crippen MR) is 31.7 cm³/mol. The van der Waals surface area contributed by atoms with Crippen LogP contribution in [-0.4, -0.2) is 11.1 Å². The molecule has 0 bridgehead atoms. The zero-order chi connectivity index (χ0) is 5.70. The van der Waals surface area contributed by atoms with Gasteiger partial charge >= 0.3 is 0 Å². The van der Waals surface area contributed by atoms with E-state index in [2.05, 4.69) is 0 Å². The van der Waals surface area contributed by atoms with Crippen molar-refractivity contribution in [3.63, 3.8) is 0 Å². The highest BCUT2D eigenvalue weighted by molar-refractivity contribution is 8.00. The highest BCUT2D eigenvalue weighted by Crippen LogP contribution is 2.03. The maximum atomic E-state index is 8.14. The summed E-state index contributed by atoms with van der Waals surface area (Å²) in [6, 6.07) is 2.05. The van der Waals surface area contributed by atoms with Gasteiger partial charge in [0.2, 0.25) is 0 Å². The Morgan fingerprint density at radius 2 is 2.57 bits per heavy atom. The number of hydrogen-bond acceptors (Lipinski definition) is 3. The van der Waals surface area contributed by atoms with Gasteiger partial charge in [0.1, 0.15) is 0 Å². The molecule has 0 saturated heterocycles. The maximum absolute atomic E-state index is 8.14. The van der Waals surface area contributed by atoms with Crippen molar-refractivity contribution >= 4 is 11.8 Å². The lowest BCUT2D eigenvalue weighted by molar-refractivity contribution is 1.23. The average molecular weight is 116 g/mol. The molecule has 0 radical (unpaired) electrons. The molecule has 1 unspecified atom stereocenters. The van der Waals surface area contributed by atoms with E-state index in [4.69, 9.17) is 11.0 Å². The molecule has 0 rings (SSSR count). The van der Waals surface area contributed by atoms with Gasteiger partial charge in [-0.2, -0.15) is 5.26 Å². The molecule has 0 aliphatic rings. The number of nitriles is 1. The molecule has 0 saturated carbocycles. The molecular weight excluding hydrogens is 108 g/mol. The average Bonchev–Trinajstić information content (AvgIpc) is 1.68. The Kier molecular flexibility index (Phi) is 3.86. The van der Waals surface area contributed by atoms with Crippen molar-refractivity contribution in [2.24, 2.45) is 5.73 Å².